The van der Waals surface area contributed by atoms with Gasteiger partial charge in [-0.25, -0.2) is 4.79 Å². The molecule has 1 aliphatic heterocycles. The molecular weight excluding hydrogens is 842 g/mol. The van der Waals surface area contributed by atoms with Crippen LogP contribution in [0.15, 0.2) is 47.6 Å². The van der Waals surface area contributed by atoms with Gasteiger partial charge in [0, 0.05) is 46.1 Å². The molecule has 15 heteroatoms. The minimum absolute atomic E-state index is 0.0178. The van der Waals surface area contributed by atoms with Gasteiger partial charge in [0.15, 0.2) is 14.6 Å². The number of allylic oxidation sites excluding steroid dienone is 3. The molecule has 344 valence electrons. The van der Waals surface area contributed by atoms with E-state index in [0.29, 0.717) is 62.1 Å². The van der Waals surface area contributed by atoms with Gasteiger partial charge in [-0.2, -0.15) is 0 Å². The second-order valence-electron chi connectivity index (χ2n) is 16.7. The molecule has 0 aliphatic carbocycles. The van der Waals surface area contributed by atoms with Crippen molar-refractivity contribution in [3.63, 3.8) is 0 Å². The molecule has 1 amide bonds. The number of carbonyl (C=O) groups excluding carboxylic acids is 1. The number of hydrogen-bond acceptors (Lipinski definition) is 12. The summed E-state index contributed by atoms with van der Waals surface area (Å²) in [6, 6.07) is 3.72. The van der Waals surface area contributed by atoms with Crippen molar-refractivity contribution in [3.05, 3.63) is 58.2 Å². The van der Waals surface area contributed by atoms with E-state index >= 15 is 0 Å². The largest absolute Gasteiger partial charge is 0.495 e. The van der Waals surface area contributed by atoms with Crippen molar-refractivity contribution >= 4 is 55.2 Å². The predicted octanol–water partition coefficient (Wildman–Crippen LogP) is 10.7. The Hall–Kier alpha value is -1.56. The molecule has 11 nitrogen and oxygen atoms in total. The van der Waals surface area contributed by atoms with Gasteiger partial charge >= 0.3 is 6.09 Å². The lowest BCUT2D eigenvalue weighted by atomic mass is 9.93. The van der Waals surface area contributed by atoms with Crippen LogP contribution in [0.1, 0.15) is 80.2 Å². The molecule has 60 heavy (non-hydrogen) atoms. The summed E-state index contributed by atoms with van der Waals surface area (Å²) in [5.74, 6) is 2.29. The van der Waals surface area contributed by atoms with E-state index in [1.54, 1.807) is 44.8 Å². The Balaban J connectivity index is 2.46. The molecule has 0 unspecified atom stereocenters. The van der Waals surface area contributed by atoms with Gasteiger partial charge in [-0.3, -0.25) is 4.90 Å². The maximum absolute atomic E-state index is 12.3. The zero-order valence-electron chi connectivity index (χ0n) is 38.9. The number of nitrogens with zero attached hydrogens (tertiary/aromatic N) is 1. The second-order valence-corrected chi connectivity index (χ2v) is 24.9. The maximum Gasteiger partial charge on any atom is 0.413 e. The molecule has 0 bridgehead atoms. The first-order valence-electron chi connectivity index (χ1n) is 21.0. The van der Waals surface area contributed by atoms with Crippen LogP contribution < -0.4 is 9.64 Å². The van der Waals surface area contributed by atoms with E-state index in [2.05, 4.69) is 53.8 Å². The van der Waals surface area contributed by atoms with Gasteiger partial charge in [0.25, 0.3) is 0 Å². The number of aliphatic hydroxyl groups excluding tert-OH is 1. The third kappa shape index (κ3) is 17.2. The lowest BCUT2D eigenvalue weighted by molar-refractivity contribution is -0.148. The summed E-state index contributed by atoms with van der Waals surface area (Å²) in [6.45, 7) is 23.7. The monoisotopic (exact) mass is 917 g/mol. The van der Waals surface area contributed by atoms with Gasteiger partial charge in [0.1, 0.15) is 17.6 Å². The highest BCUT2D eigenvalue weighted by atomic mass is 35.5. The number of ether oxygens (including phenoxy) is 7. The zero-order valence-corrected chi connectivity index (χ0v) is 42.3. The van der Waals surface area contributed by atoms with Crippen molar-refractivity contribution in [3.8, 4) is 5.75 Å². The molecule has 1 aliphatic rings. The Morgan fingerprint density at radius 3 is 2.27 bits per heavy atom. The van der Waals surface area contributed by atoms with Gasteiger partial charge in [0.2, 0.25) is 0 Å². The number of halogens is 1. The van der Waals surface area contributed by atoms with E-state index in [-0.39, 0.29) is 36.2 Å². The minimum atomic E-state index is -2.18. The summed E-state index contributed by atoms with van der Waals surface area (Å²) >= 11 is 10.2. The number of methoxy groups -OCH3 is 3. The van der Waals surface area contributed by atoms with Crippen LogP contribution in [0.2, 0.25) is 23.2 Å². The fourth-order valence-corrected chi connectivity index (χ4v) is 11.5. The summed E-state index contributed by atoms with van der Waals surface area (Å²) in [6.07, 6.45) is 8.73. The fraction of sp³-hybridized carbons (Fsp3) is 0.711. The minimum Gasteiger partial charge on any atom is -0.495 e. The third-order valence-electron chi connectivity index (χ3n) is 11.0. The molecule has 0 saturated carbocycles. The standard InChI is InChI=1S/C45H76ClNO10S2Si/c1-15-54-41(55-16-2)29-37(57-60(13,14)44(6,7)8)33(4)26-34(5)39(56-31-53-22-21-50-10)30-45(58-23-18-24-59-45)40(48)20-17-19-32(3)25-35-27-36(47(9)43(49)52-12)42(46)38(28-35)51-11/h17,19-20,26-28,34,37,39-41,48H,15-16,18,21-25,29-31H2,1-14H3/b20-17+,32-19+,33-26+/t34-,37-,39-,40-/m0/s1. The number of rotatable bonds is 26. The smallest absolute Gasteiger partial charge is 0.413 e. The van der Waals surface area contributed by atoms with Gasteiger partial charge < -0.3 is 42.7 Å². The summed E-state index contributed by atoms with van der Waals surface area (Å²) < 4.78 is 46.6. The average molecular weight is 919 g/mol. The number of hydrogen-bond donors (Lipinski definition) is 1. The molecule has 1 heterocycles. The lowest BCUT2D eigenvalue weighted by Gasteiger charge is -2.42. The SMILES string of the molecule is CCOC(C[C@H](O[Si](C)(C)C(C)(C)C)/C(C)=C/[C@H](C)[C@H](CC1([C@@H](O)/C=C/C=C(\C)Cc2cc(OC)c(Cl)c(N(C)C(=O)OC)c2)SCCCS1)OCOCCOC)OCC. The lowest BCUT2D eigenvalue weighted by Crippen LogP contribution is -2.45. The van der Waals surface area contributed by atoms with E-state index in [0.717, 1.165) is 34.6 Å². The molecule has 1 aromatic rings. The van der Waals surface area contributed by atoms with E-state index in [9.17, 15) is 9.90 Å². The van der Waals surface area contributed by atoms with E-state index in [1.807, 2.05) is 51.1 Å². The number of thioether (sulfide) groups is 2. The molecule has 0 aromatic heterocycles. The molecular formula is C45H76ClNO10S2Si. The number of benzene rings is 1. The number of amides is 1. The maximum atomic E-state index is 12.3. The van der Waals surface area contributed by atoms with Gasteiger partial charge in [-0.1, -0.05) is 69.2 Å². The van der Waals surface area contributed by atoms with Crippen LogP contribution in [-0.2, 0) is 39.3 Å². The molecule has 4 atom stereocenters. The topological polar surface area (TPSA) is 114 Å². The summed E-state index contributed by atoms with van der Waals surface area (Å²) in [5.41, 5.74) is 3.55. The van der Waals surface area contributed by atoms with E-state index in [4.69, 9.17) is 49.2 Å². The van der Waals surface area contributed by atoms with Crippen molar-refractivity contribution in [2.45, 2.75) is 128 Å². The van der Waals surface area contributed by atoms with Crippen LogP contribution in [-0.4, -0.2) is 121 Å². The first-order valence-corrected chi connectivity index (χ1v) is 26.3. The van der Waals surface area contributed by atoms with Crippen molar-refractivity contribution < 1.29 is 47.5 Å². The first-order chi connectivity index (χ1) is 28.3. The first kappa shape index (κ1) is 54.6. The second kappa shape index (κ2) is 26.9. The van der Waals surface area contributed by atoms with Crippen molar-refractivity contribution in [2.75, 3.05) is 78.0 Å². The third-order valence-corrected chi connectivity index (χ3v) is 19.3. The van der Waals surface area contributed by atoms with Crippen molar-refractivity contribution in [1.82, 2.24) is 0 Å². The summed E-state index contributed by atoms with van der Waals surface area (Å²) in [4.78, 5) is 13.7. The number of carbonyl (C=O) groups is 1. The highest BCUT2D eigenvalue weighted by Crippen LogP contribution is 2.50. The molecule has 2 rings (SSSR count). The number of anilines is 1. The Morgan fingerprint density at radius 2 is 1.70 bits per heavy atom. The van der Waals surface area contributed by atoms with Crippen LogP contribution >= 0.6 is 35.1 Å². The highest BCUT2D eigenvalue weighted by Gasteiger charge is 2.44. The molecule has 1 N–H and O–H groups in total. The Kier molecular flexibility index (Phi) is 24.5. The van der Waals surface area contributed by atoms with E-state index < -0.39 is 24.6 Å². The van der Waals surface area contributed by atoms with Crippen LogP contribution in [0.5, 0.6) is 5.75 Å². The Bertz CT molecular complexity index is 1530. The number of aliphatic hydroxyl groups is 1. The molecule has 0 spiro atoms. The summed E-state index contributed by atoms with van der Waals surface area (Å²) in [5, 5.41) is 12.4. The molecule has 0 radical (unpaired) electrons. The van der Waals surface area contributed by atoms with Gasteiger partial charge in [-0.05, 0) is 93.4 Å². The van der Waals surface area contributed by atoms with Crippen LogP contribution in [0, 0.1) is 5.92 Å². The van der Waals surface area contributed by atoms with Gasteiger partial charge in [0.05, 0.1) is 55.5 Å². The molecule has 1 fully saturated rings. The van der Waals surface area contributed by atoms with Crippen molar-refractivity contribution in [2.24, 2.45) is 5.92 Å². The van der Waals surface area contributed by atoms with Gasteiger partial charge in [-0.15, -0.1) is 23.5 Å². The molecule has 1 saturated heterocycles. The average Bonchev–Trinajstić information content (AvgIpc) is 3.19. The van der Waals surface area contributed by atoms with Crippen LogP contribution in [0.3, 0.4) is 0 Å². The normalized spacial score (nSPS) is 17.5. The Morgan fingerprint density at radius 1 is 1.05 bits per heavy atom. The fourth-order valence-electron chi connectivity index (χ4n) is 6.45. The Labute approximate surface area is 376 Å². The molecule has 1 aromatic carbocycles. The quantitative estimate of drug-likeness (QED) is 0.0314. The zero-order chi connectivity index (χ0) is 45.1. The van der Waals surface area contributed by atoms with E-state index in [1.165, 1.54) is 12.0 Å². The highest BCUT2D eigenvalue weighted by molar-refractivity contribution is 8.18. The predicted molar refractivity (Wildman–Crippen MR) is 253 cm³/mol. The van der Waals surface area contributed by atoms with Crippen LogP contribution in [0.25, 0.3) is 0 Å². The van der Waals surface area contributed by atoms with Crippen LogP contribution in [0.4, 0.5) is 10.5 Å². The van der Waals surface area contributed by atoms with Crippen molar-refractivity contribution in [1.29, 1.82) is 0 Å². The summed E-state index contributed by atoms with van der Waals surface area (Å²) in [7, 11) is 3.95.